The van der Waals surface area contributed by atoms with E-state index in [9.17, 15) is 13.2 Å². The van der Waals surface area contributed by atoms with E-state index in [0.29, 0.717) is 24.5 Å². The Morgan fingerprint density at radius 1 is 1.08 bits per heavy atom. The minimum Gasteiger partial charge on any atom is -0.492 e. The number of nitrogens with one attached hydrogen (secondary N) is 1. The van der Waals surface area contributed by atoms with E-state index in [0.717, 1.165) is 21.2 Å². The number of amides is 1. The normalized spacial score (nSPS) is 16.4. The molecule has 0 aliphatic carbocycles. The number of carbonyl (C=O) groups excluding carboxylic acids is 1. The van der Waals surface area contributed by atoms with Crippen LogP contribution in [0.4, 0.5) is 5.69 Å². The Morgan fingerprint density at radius 2 is 1.78 bits per heavy atom. The fourth-order valence-corrected chi connectivity index (χ4v) is 5.89. The monoisotopic (exact) mass is 508 g/mol. The summed E-state index contributed by atoms with van der Waals surface area (Å²) in [7, 11) is -4.05. The number of hydrogen-bond donors (Lipinski definition) is 1. The average Bonchev–Trinajstić information content (AvgIpc) is 2.84. The van der Waals surface area contributed by atoms with Gasteiger partial charge in [-0.05, 0) is 58.0 Å². The number of aryl methyl sites for hydroxylation is 1. The second kappa shape index (κ2) is 10.2. The Hall–Kier alpha value is -3.52. The molecule has 1 amide bonds. The zero-order valence-corrected chi connectivity index (χ0v) is 21.8. The van der Waals surface area contributed by atoms with Gasteiger partial charge in [0.05, 0.1) is 23.2 Å². The van der Waals surface area contributed by atoms with Crippen molar-refractivity contribution in [3.63, 3.8) is 0 Å². The summed E-state index contributed by atoms with van der Waals surface area (Å²) >= 11 is 0. The molecule has 3 aromatic carbocycles. The Morgan fingerprint density at radius 3 is 2.50 bits per heavy atom. The minimum atomic E-state index is -4.05. The Labute approximate surface area is 213 Å². The standard InChI is InChI=1S/C28H32N2O5S/c1-5-34-26-14-10-9-13-24(26)30(36(32,33)21-11-7-6-8-12-21)19-27(31)29-23-18-28(3,4)35-25-16-15-20(2)17-22(23)25/h6-17,23H,5,18-19H2,1-4H3,(H,29,31). The second-order valence-corrected chi connectivity index (χ2v) is 11.3. The molecule has 3 aromatic rings. The van der Waals surface area contributed by atoms with E-state index in [1.165, 1.54) is 12.1 Å². The van der Waals surface area contributed by atoms with E-state index in [1.807, 2.05) is 45.9 Å². The summed E-state index contributed by atoms with van der Waals surface area (Å²) in [6, 6.07) is 20.5. The van der Waals surface area contributed by atoms with Crippen molar-refractivity contribution in [2.45, 2.75) is 50.7 Å². The Bertz CT molecular complexity index is 1340. The molecule has 1 aliphatic heterocycles. The zero-order valence-electron chi connectivity index (χ0n) is 21.0. The van der Waals surface area contributed by atoms with Crippen molar-refractivity contribution in [1.82, 2.24) is 5.32 Å². The quantitative estimate of drug-likeness (QED) is 0.463. The highest BCUT2D eigenvalue weighted by Crippen LogP contribution is 2.40. The van der Waals surface area contributed by atoms with Gasteiger partial charge in [-0.25, -0.2) is 8.42 Å². The molecular formula is C28H32N2O5S. The van der Waals surface area contributed by atoms with Crippen molar-refractivity contribution in [1.29, 1.82) is 0 Å². The number of benzene rings is 3. The van der Waals surface area contributed by atoms with Gasteiger partial charge >= 0.3 is 0 Å². The van der Waals surface area contributed by atoms with Crippen molar-refractivity contribution in [3.05, 3.63) is 83.9 Å². The van der Waals surface area contributed by atoms with Crippen LogP contribution in [0.15, 0.2) is 77.7 Å². The van der Waals surface area contributed by atoms with Gasteiger partial charge in [0.2, 0.25) is 5.91 Å². The lowest BCUT2D eigenvalue weighted by Crippen LogP contribution is -2.45. The molecular weight excluding hydrogens is 476 g/mol. The van der Waals surface area contributed by atoms with Gasteiger partial charge in [-0.1, -0.05) is 48.0 Å². The van der Waals surface area contributed by atoms with Crippen LogP contribution in [0.5, 0.6) is 11.5 Å². The summed E-state index contributed by atoms with van der Waals surface area (Å²) < 4.78 is 40.4. The number of ether oxygens (including phenoxy) is 2. The van der Waals surface area contributed by atoms with Crippen LogP contribution in [0, 0.1) is 6.92 Å². The molecule has 0 bridgehead atoms. The molecule has 0 aromatic heterocycles. The van der Waals surface area contributed by atoms with E-state index in [-0.39, 0.29) is 10.9 Å². The first-order valence-corrected chi connectivity index (χ1v) is 13.4. The maximum absolute atomic E-state index is 13.7. The third kappa shape index (κ3) is 5.49. The molecule has 1 heterocycles. The van der Waals surface area contributed by atoms with Crippen LogP contribution in [0.2, 0.25) is 0 Å². The summed E-state index contributed by atoms with van der Waals surface area (Å²) in [5.74, 6) is 0.689. The molecule has 1 aliphatic rings. The summed E-state index contributed by atoms with van der Waals surface area (Å²) in [6.07, 6.45) is 0.552. The van der Waals surface area contributed by atoms with Crippen LogP contribution in [-0.2, 0) is 14.8 Å². The largest absolute Gasteiger partial charge is 0.492 e. The minimum absolute atomic E-state index is 0.0947. The lowest BCUT2D eigenvalue weighted by atomic mass is 9.89. The number of hydrogen-bond acceptors (Lipinski definition) is 5. The molecule has 1 unspecified atom stereocenters. The molecule has 1 N–H and O–H groups in total. The van der Waals surface area contributed by atoms with E-state index in [4.69, 9.17) is 9.47 Å². The van der Waals surface area contributed by atoms with Gasteiger partial charge in [0.25, 0.3) is 10.0 Å². The van der Waals surface area contributed by atoms with Crippen molar-refractivity contribution < 1.29 is 22.7 Å². The summed E-state index contributed by atoms with van der Waals surface area (Å²) in [5, 5.41) is 3.07. The molecule has 0 radical (unpaired) electrons. The molecule has 0 spiro atoms. The highest BCUT2D eigenvalue weighted by atomic mass is 32.2. The number of rotatable bonds is 8. The van der Waals surface area contributed by atoms with Gasteiger partial charge in [-0.2, -0.15) is 0 Å². The molecule has 1 atom stereocenters. The van der Waals surface area contributed by atoms with Crippen LogP contribution in [0.1, 0.15) is 44.4 Å². The van der Waals surface area contributed by atoms with Gasteiger partial charge in [0.15, 0.2) is 0 Å². The molecule has 36 heavy (non-hydrogen) atoms. The molecule has 7 nitrogen and oxygen atoms in total. The summed E-state index contributed by atoms with van der Waals surface area (Å²) in [5.41, 5.74) is 1.75. The number of para-hydroxylation sites is 2. The molecule has 4 rings (SSSR count). The molecule has 8 heteroatoms. The maximum Gasteiger partial charge on any atom is 0.264 e. The van der Waals surface area contributed by atoms with E-state index >= 15 is 0 Å². The van der Waals surface area contributed by atoms with Gasteiger partial charge in [-0.3, -0.25) is 9.10 Å². The fraction of sp³-hybridized carbons (Fsp3) is 0.321. The third-order valence-corrected chi connectivity index (χ3v) is 7.78. The van der Waals surface area contributed by atoms with Crippen LogP contribution in [0.3, 0.4) is 0 Å². The Kier molecular flexibility index (Phi) is 7.26. The number of anilines is 1. The topological polar surface area (TPSA) is 84.9 Å². The average molecular weight is 509 g/mol. The summed E-state index contributed by atoms with van der Waals surface area (Å²) in [4.78, 5) is 13.5. The number of sulfonamides is 1. The predicted octanol–water partition coefficient (Wildman–Crippen LogP) is 5.01. The smallest absolute Gasteiger partial charge is 0.264 e. The SMILES string of the molecule is CCOc1ccccc1N(CC(=O)NC1CC(C)(C)Oc2ccc(C)cc21)S(=O)(=O)c1ccccc1. The van der Waals surface area contributed by atoms with Gasteiger partial charge < -0.3 is 14.8 Å². The van der Waals surface area contributed by atoms with E-state index in [2.05, 4.69) is 5.32 Å². The van der Waals surface area contributed by atoms with Crippen LogP contribution in [0.25, 0.3) is 0 Å². The summed E-state index contributed by atoms with van der Waals surface area (Å²) in [6.45, 7) is 7.71. The number of carbonyl (C=O) groups is 1. The van der Waals surface area contributed by atoms with Gasteiger partial charge in [0.1, 0.15) is 23.6 Å². The lowest BCUT2D eigenvalue weighted by Gasteiger charge is -2.38. The third-order valence-electron chi connectivity index (χ3n) is 6.01. The molecule has 0 saturated carbocycles. The predicted molar refractivity (Wildman–Crippen MR) is 140 cm³/mol. The lowest BCUT2D eigenvalue weighted by molar-refractivity contribution is -0.120. The van der Waals surface area contributed by atoms with E-state index < -0.39 is 28.1 Å². The molecule has 0 fully saturated rings. The Balaban J connectivity index is 1.69. The zero-order chi connectivity index (χ0) is 25.9. The van der Waals surface area contributed by atoms with Gasteiger partial charge in [0, 0.05) is 12.0 Å². The van der Waals surface area contributed by atoms with E-state index in [1.54, 1.807) is 42.5 Å². The first kappa shape index (κ1) is 25.6. The first-order chi connectivity index (χ1) is 17.1. The maximum atomic E-state index is 13.7. The van der Waals surface area contributed by atoms with Crippen molar-refractivity contribution in [3.8, 4) is 11.5 Å². The second-order valence-electron chi connectivity index (χ2n) is 9.45. The van der Waals surface area contributed by atoms with Crippen LogP contribution in [-0.4, -0.2) is 33.1 Å². The highest BCUT2D eigenvalue weighted by Gasteiger charge is 2.36. The van der Waals surface area contributed by atoms with Crippen LogP contribution >= 0.6 is 0 Å². The van der Waals surface area contributed by atoms with Crippen LogP contribution < -0.4 is 19.1 Å². The van der Waals surface area contributed by atoms with Crippen molar-refractivity contribution in [2.75, 3.05) is 17.5 Å². The van der Waals surface area contributed by atoms with Gasteiger partial charge in [-0.15, -0.1) is 0 Å². The van der Waals surface area contributed by atoms with Crippen molar-refractivity contribution >= 4 is 21.6 Å². The number of nitrogens with zero attached hydrogens (tertiary/aromatic N) is 1. The van der Waals surface area contributed by atoms with Crippen molar-refractivity contribution in [2.24, 2.45) is 0 Å². The molecule has 190 valence electrons. The number of fused-ring (bicyclic) bond motifs is 1. The fourth-order valence-electron chi connectivity index (χ4n) is 4.43. The molecule has 0 saturated heterocycles. The first-order valence-electron chi connectivity index (χ1n) is 12.0. The highest BCUT2D eigenvalue weighted by molar-refractivity contribution is 7.92.